The van der Waals surface area contributed by atoms with Gasteiger partial charge in [-0.3, -0.25) is 9.78 Å². The summed E-state index contributed by atoms with van der Waals surface area (Å²) in [5.74, 6) is 0.455. The van der Waals surface area contributed by atoms with Crippen molar-refractivity contribution >= 4 is 16.9 Å². The fourth-order valence-electron chi connectivity index (χ4n) is 2.70. The molecule has 0 unspecified atom stereocenters. The Morgan fingerprint density at radius 1 is 1.12 bits per heavy atom. The summed E-state index contributed by atoms with van der Waals surface area (Å²) in [6.07, 6.45) is 3.15. The van der Waals surface area contributed by atoms with E-state index in [0.29, 0.717) is 16.9 Å². The zero-order valence-electron chi connectivity index (χ0n) is 13.5. The van der Waals surface area contributed by atoms with E-state index >= 15 is 0 Å². The van der Waals surface area contributed by atoms with E-state index in [1.54, 1.807) is 17.1 Å². The van der Waals surface area contributed by atoms with Crippen LogP contribution in [0.1, 0.15) is 18.5 Å². The van der Waals surface area contributed by atoms with Crippen molar-refractivity contribution in [2.45, 2.75) is 13.0 Å². The Hall–Kier alpha value is -3.48. The van der Waals surface area contributed by atoms with Crippen LogP contribution in [0.15, 0.2) is 66.0 Å². The van der Waals surface area contributed by atoms with Crippen LogP contribution in [0.3, 0.4) is 0 Å². The fraction of sp³-hybridized carbons (Fsp3) is 0.111. The Labute approximate surface area is 143 Å². The van der Waals surface area contributed by atoms with Crippen molar-refractivity contribution in [3.8, 4) is 5.69 Å². The minimum atomic E-state index is -0.151. The summed E-state index contributed by atoms with van der Waals surface area (Å²) in [7, 11) is 0. The molecule has 0 saturated heterocycles. The molecular weight excluding hydrogens is 316 g/mol. The number of nitrogens with zero attached hydrogens (tertiary/aromatic N) is 4. The SMILES string of the molecule is C[C@H](Nc1nc2ccccc2c(=O)[nH]1)c1ccc(-n2cncn2)cc1. The van der Waals surface area contributed by atoms with Gasteiger partial charge in [-0.25, -0.2) is 14.6 Å². The van der Waals surface area contributed by atoms with E-state index in [9.17, 15) is 4.79 Å². The Kier molecular flexibility index (Phi) is 3.74. The molecule has 7 heteroatoms. The summed E-state index contributed by atoms with van der Waals surface area (Å²) in [4.78, 5) is 23.3. The maximum atomic E-state index is 12.1. The van der Waals surface area contributed by atoms with Gasteiger partial charge in [-0.1, -0.05) is 24.3 Å². The molecule has 4 rings (SSSR count). The zero-order chi connectivity index (χ0) is 17.2. The number of para-hydroxylation sites is 1. The first-order chi connectivity index (χ1) is 12.2. The van der Waals surface area contributed by atoms with Gasteiger partial charge in [-0.05, 0) is 36.8 Å². The van der Waals surface area contributed by atoms with Crippen LogP contribution in [0, 0.1) is 0 Å². The third kappa shape index (κ3) is 2.99. The third-order valence-electron chi connectivity index (χ3n) is 4.04. The molecular formula is C18H16N6O. The van der Waals surface area contributed by atoms with E-state index in [0.717, 1.165) is 11.3 Å². The summed E-state index contributed by atoms with van der Waals surface area (Å²) in [5, 5.41) is 7.93. The standard InChI is InChI=1S/C18H16N6O/c1-12(13-6-8-14(9-7-13)24-11-19-10-20-24)21-18-22-16-5-3-2-4-15(16)17(25)23-18/h2-12H,1H3,(H2,21,22,23,25)/t12-/m0/s1. The molecule has 2 aromatic heterocycles. The highest BCUT2D eigenvalue weighted by Crippen LogP contribution is 2.19. The van der Waals surface area contributed by atoms with Crippen LogP contribution in [-0.2, 0) is 0 Å². The van der Waals surface area contributed by atoms with Gasteiger partial charge in [0.2, 0.25) is 5.95 Å². The lowest BCUT2D eigenvalue weighted by molar-refractivity contribution is 0.850. The first-order valence-corrected chi connectivity index (χ1v) is 7.91. The molecule has 0 fully saturated rings. The summed E-state index contributed by atoms with van der Waals surface area (Å²) in [6, 6.07) is 15.2. The van der Waals surface area contributed by atoms with Crippen molar-refractivity contribution in [3.63, 3.8) is 0 Å². The highest BCUT2D eigenvalue weighted by atomic mass is 16.1. The normalized spacial score (nSPS) is 12.2. The van der Waals surface area contributed by atoms with E-state index in [-0.39, 0.29) is 11.6 Å². The predicted octanol–water partition coefficient (Wildman–Crippen LogP) is 2.68. The maximum absolute atomic E-state index is 12.1. The number of H-pyrrole nitrogens is 1. The van der Waals surface area contributed by atoms with Crippen molar-refractivity contribution in [1.29, 1.82) is 0 Å². The second-order valence-electron chi connectivity index (χ2n) is 5.73. The summed E-state index contributed by atoms with van der Waals surface area (Å²) < 4.78 is 1.70. The highest BCUT2D eigenvalue weighted by Gasteiger charge is 2.09. The molecule has 25 heavy (non-hydrogen) atoms. The number of aromatic amines is 1. The first kappa shape index (κ1) is 15.1. The number of hydrogen-bond donors (Lipinski definition) is 2. The molecule has 1 atom stereocenters. The molecule has 2 heterocycles. The summed E-state index contributed by atoms with van der Waals surface area (Å²) in [6.45, 7) is 2.01. The number of benzene rings is 2. The molecule has 0 amide bonds. The zero-order valence-corrected chi connectivity index (χ0v) is 13.5. The van der Waals surface area contributed by atoms with Crippen molar-refractivity contribution in [1.82, 2.24) is 24.7 Å². The summed E-state index contributed by atoms with van der Waals surface area (Å²) in [5.41, 5.74) is 2.52. The monoisotopic (exact) mass is 332 g/mol. The van der Waals surface area contributed by atoms with E-state index in [2.05, 4.69) is 25.4 Å². The highest BCUT2D eigenvalue weighted by molar-refractivity contribution is 5.78. The van der Waals surface area contributed by atoms with Crippen LogP contribution < -0.4 is 10.9 Å². The molecule has 124 valence electrons. The van der Waals surface area contributed by atoms with Gasteiger partial charge in [0.1, 0.15) is 12.7 Å². The Bertz CT molecular complexity index is 1050. The Balaban J connectivity index is 1.57. The molecule has 2 aromatic carbocycles. The van der Waals surface area contributed by atoms with Crippen molar-refractivity contribution < 1.29 is 0 Å². The van der Waals surface area contributed by atoms with Gasteiger partial charge in [0.05, 0.1) is 22.6 Å². The molecule has 0 aliphatic heterocycles. The molecule has 0 saturated carbocycles. The first-order valence-electron chi connectivity index (χ1n) is 7.91. The lowest BCUT2D eigenvalue weighted by atomic mass is 10.1. The summed E-state index contributed by atoms with van der Waals surface area (Å²) >= 11 is 0. The van der Waals surface area contributed by atoms with E-state index in [1.807, 2.05) is 49.4 Å². The van der Waals surface area contributed by atoms with Crippen LogP contribution in [0.2, 0.25) is 0 Å². The largest absolute Gasteiger partial charge is 0.349 e. The molecule has 2 N–H and O–H groups in total. The quantitative estimate of drug-likeness (QED) is 0.600. The minimum absolute atomic E-state index is 0.0193. The molecule has 4 aromatic rings. The van der Waals surface area contributed by atoms with Crippen LogP contribution in [0.4, 0.5) is 5.95 Å². The van der Waals surface area contributed by atoms with Crippen LogP contribution >= 0.6 is 0 Å². The number of rotatable bonds is 4. The molecule has 7 nitrogen and oxygen atoms in total. The van der Waals surface area contributed by atoms with Crippen molar-refractivity contribution in [3.05, 3.63) is 77.1 Å². The van der Waals surface area contributed by atoms with Crippen LogP contribution in [0.25, 0.3) is 16.6 Å². The molecule has 0 spiro atoms. The van der Waals surface area contributed by atoms with E-state index in [1.165, 1.54) is 6.33 Å². The van der Waals surface area contributed by atoms with Gasteiger partial charge >= 0.3 is 0 Å². The lowest BCUT2D eigenvalue weighted by Crippen LogP contribution is -2.15. The van der Waals surface area contributed by atoms with E-state index < -0.39 is 0 Å². The number of anilines is 1. The van der Waals surface area contributed by atoms with Gasteiger partial charge in [0, 0.05) is 0 Å². The molecule has 0 aliphatic rings. The minimum Gasteiger partial charge on any atom is -0.349 e. The average molecular weight is 332 g/mol. The van der Waals surface area contributed by atoms with Gasteiger partial charge in [-0.2, -0.15) is 5.10 Å². The van der Waals surface area contributed by atoms with Crippen LogP contribution in [0.5, 0.6) is 0 Å². The smallest absolute Gasteiger partial charge is 0.260 e. The van der Waals surface area contributed by atoms with Crippen molar-refractivity contribution in [2.24, 2.45) is 0 Å². The Morgan fingerprint density at radius 3 is 2.68 bits per heavy atom. The lowest BCUT2D eigenvalue weighted by Gasteiger charge is -2.15. The maximum Gasteiger partial charge on any atom is 0.260 e. The number of aromatic nitrogens is 5. The number of fused-ring (bicyclic) bond motifs is 1. The van der Waals surface area contributed by atoms with Gasteiger partial charge in [0.15, 0.2) is 0 Å². The van der Waals surface area contributed by atoms with Gasteiger partial charge < -0.3 is 5.32 Å². The van der Waals surface area contributed by atoms with Crippen molar-refractivity contribution in [2.75, 3.05) is 5.32 Å². The Morgan fingerprint density at radius 2 is 1.92 bits per heavy atom. The molecule has 0 radical (unpaired) electrons. The van der Waals surface area contributed by atoms with Gasteiger partial charge in [-0.15, -0.1) is 0 Å². The molecule has 0 aliphatic carbocycles. The second kappa shape index (κ2) is 6.20. The van der Waals surface area contributed by atoms with Gasteiger partial charge in [0.25, 0.3) is 5.56 Å². The second-order valence-corrected chi connectivity index (χ2v) is 5.73. The molecule has 0 bridgehead atoms. The number of hydrogen-bond acceptors (Lipinski definition) is 5. The average Bonchev–Trinajstić information content (AvgIpc) is 3.16. The van der Waals surface area contributed by atoms with E-state index in [4.69, 9.17) is 0 Å². The predicted molar refractivity (Wildman–Crippen MR) is 95.8 cm³/mol. The number of nitrogens with one attached hydrogen (secondary N) is 2. The van der Waals surface area contributed by atoms with Crippen LogP contribution in [-0.4, -0.2) is 24.7 Å². The fourth-order valence-corrected chi connectivity index (χ4v) is 2.70. The third-order valence-corrected chi connectivity index (χ3v) is 4.04. The topological polar surface area (TPSA) is 88.5 Å².